The fourth-order valence-corrected chi connectivity index (χ4v) is 3.05. The Morgan fingerprint density at radius 2 is 1.72 bits per heavy atom. The van der Waals surface area contributed by atoms with Crippen molar-refractivity contribution in [3.63, 3.8) is 0 Å². The van der Waals surface area contributed by atoms with Gasteiger partial charge in [-0.15, -0.1) is 0 Å². The first-order valence-electron chi connectivity index (χ1n) is 8.46. The number of hydrogen-bond donors (Lipinski definition) is 0. The average Bonchev–Trinajstić information content (AvgIpc) is 2.67. The zero-order valence-corrected chi connectivity index (χ0v) is 13.9. The predicted octanol–water partition coefficient (Wildman–Crippen LogP) is 4.15. The lowest BCUT2D eigenvalue weighted by Crippen LogP contribution is -2.36. The number of nitro groups is 1. The van der Waals surface area contributed by atoms with Gasteiger partial charge in [-0.2, -0.15) is 0 Å². The monoisotopic (exact) mass is 336 g/mol. The summed E-state index contributed by atoms with van der Waals surface area (Å²) in [5, 5.41) is 11.0. The first-order valence-corrected chi connectivity index (χ1v) is 8.46. The van der Waals surface area contributed by atoms with Gasteiger partial charge < -0.3 is 4.90 Å². The summed E-state index contributed by atoms with van der Waals surface area (Å²) >= 11 is 0. The molecule has 1 amide bonds. The van der Waals surface area contributed by atoms with Crippen LogP contribution >= 0.6 is 0 Å². The van der Waals surface area contributed by atoms with Gasteiger partial charge in [-0.3, -0.25) is 14.9 Å². The summed E-state index contributed by atoms with van der Waals surface area (Å²) in [5.41, 5.74) is 2.07. The number of carbonyl (C=O) groups is 1. The SMILES string of the molecule is O=C(/C(=C/c1cccc([N+](=O)[O-])c1)c1ccccc1)N1CCCCC1. The molecule has 0 atom stereocenters. The highest BCUT2D eigenvalue weighted by molar-refractivity contribution is 6.24. The second-order valence-electron chi connectivity index (χ2n) is 6.13. The van der Waals surface area contributed by atoms with Crippen LogP contribution in [0.4, 0.5) is 5.69 Å². The Balaban J connectivity index is 2.00. The van der Waals surface area contributed by atoms with E-state index < -0.39 is 4.92 Å². The first kappa shape index (κ1) is 16.9. The molecule has 0 saturated carbocycles. The third-order valence-corrected chi connectivity index (χ3v) is 4.35. The Hall–Kier alpha value is -2.95. The quantitative estimate of drug-likeness (QED) is 0.365. The lowest BCUT2D eigenvalue weighted by molar-refractivity contribution is -0.384. The maximum absolute atomic E-state index is 13.0. The van der Waals surface area contributed by atoms with E-state index in [-0.39, 0.29) is 11.6 Å². The van der Waals surface area contributed by atoms with Crippen LogP contribution in [0.2, 0.25) is 0 Å². The maximum Gasteiger partial charge on any atom is 0.270 e. The van der Waals surface area contributed by atoms with Crippen molar-refractivity contribution >= 4 is 23.2 Å². The van der Waals surface area contributed by atoms with Crippen molar-refractivity contribution in [3.8, 4) is 0 Å². The topological polar surface area (TPSA) is 63.4 Å². The van der Waals surface area contributed by atoms with Crippen molar-refractivity contribution in [2.24, 2.45) is 0 Å². The molecule has 1 heterocycles. The van der Waals surface area contributed by atoms with E-state index in [1.165, 1.54) is 12.1 Å². The van der Waals surface area contributed by atoms with Crippen LogP contribution in [0.1, 0.15) is 30.4 Å². The normalized spacial score (nSPS) is 15.0. The van der Waals surface area contributed by atoms with E-state index in [1.54, 1.807) is 18.2 Å². The van der Waals surface area contributed by atoms with Gasteiger partial charge in [0.25, 0.3) is 11.6 Å². The smallest absolute Gasteiger partial charge is 0.270 e. The molecule has 0 bridgehead atoms. The highest BCUT2D eigenvalue weighted by Crippen LogP contribution is 2.24. The van der Waals surface area contributed by atoms with E-state index in [0.29, 0.717) is 11.1 Å². The summed E-state index contributed by atoms with van der Waals surface area (Å²) in [6, 6.07) is 15.8. The van der Waals surface area contributed by atoms with Gasteiger partial charge >= 0.3 is 0 Å². The number of hydrogen-bond acceptors (Lipinski definition) is 3. The Morgan fingerprint density at radius 1 is 1.00 bits per heavy atom. The van der Waals surface area contributed by atoms with Crippen LogP contribution in [0, 0.1) is 10.1 Å². The lowest BCUT2D eigenvalue weighted by Gasteiger charge is -2.27. The van der Waals surface area contributed by atoms with Crippen molar-refractivity contribution in [1.82, 2.24) is 4.90 Å². The summed E-state index contributed by atoms with van der Waals surface area (Å²) in [5.74, 6) is -0.0163. The molecule has 5 heteroatoms. The molecule has 0 radical (unpaired) electrons. The molecule has 1 aliphatic heterocycles. The number of benzene rings is 2. The van der Waals surface area contributed by atoms with Crippen LogP contribution in [0.5, 0.6) is 0 Å². The number of rotatable bonds is 4. The number of carbonyl (C=O) groups excluding carboxylic acids is 1. The molecule has 1 fully saturated rings. The molecule has 5 nitrogen and oxygen atoms in total. The highest BCUT2D eigenvalue weighted by Gasteiger charge is 2.21. The fourth-order valence-electron chi connectivity index (χ4n) is 3.05. The van der Waals surface area contributed by atoms with Gasteiger partial charge in [-0.1, -0.05) is 42.5 Å². The van der Waals surface area contributed by atoms with Crippen LogP contribution in [-0.2, 0) is 4.79 Å². The Morgan fingerprint density at radius 3 is 2.40 bits per heavy atom. The Bertz CT molecular complexity index is 794. The fraction of sp³-hybridized carbons (Fsp3) is 0.250. The van der Waals surface area contributed by atoms with Crippen molar-refractivity contribution < 1.29 is 9.72 Å². The molecule has 0 spiro atoms. The number of nitro benzene ring substituents is 1. The van der Waals surface area contributed by atoms with E-state index in [9.17, 15) is 14.9 Å². The standard InChI is InChI=1S/C20H20N2O3/c23-20(21-12-5-2-6-13-21)19(17-9-3-1-4-10-17)15-16-8-7-11-18(14-16)22(24)25/h1,3-4,7-11,14-15H,2,5-6,12-13H2/b19-15+. The molecular formula is C20H20N2O3. The summed E-state index contributed by atoms with van der Waals surface area (Å²) in [6.07, 6.45) is 4.94. The number of nitrogens with zero attached hydrogens (tertiary/aromatic N) is 2. The van der Waals surface area contributed by atoms with Gasteiger partial charge in [0.05, 0.1) is 4.92 Å². The zero-order valence-electron chi connectivity index (χ0n) is 13.9. The van der Waals surface area contributed by atoms with E-state index in [1.807, 2.05) is 35.2 Å². The largest absolute Gasteiger partial charge is 0.339 e. The van der Waals surface area contributed by atoms with Crippen molar-refractivity contribution in [2.75, 3.05) is 13.1 Å². The molecule has 0 N–H and O–H groups in total. The van der Waals surface area contributed by atoms with Gasteiger partial charge in [-0.25, -0.2) is 0 Å². The number of piperidine rings is 1. The number of non-ortho nitro benzene ring substituents is 1. The average molecular weight is 336 g/mol. The van der Waals surface area contributed by atoms with Crippen LogP contribution in [0.15, 0.2) is 54.6 Å². The van der Waals surface area contributed by atoms with Gasteiger partial charge in [0.1, 0.15) is 0 Å². The molecule has 0 unspecified atom stereocenters. The zero-order chi connectivity index (χ0) is 17.6. The van der Waals surface area contributed by atoms with E-state index in [4.69, 9.17) is 0 Å². The molecule has 0 aromatic heterocycles. The van der Waals surface area contributed by atoms with Crippen molar-refractivity contribution in [1.29, 1.82) is 0 Å². The molecule has 128 valence electrons. The predicted molar refractivity (Wildman–Crippen MR) is 97.8 cm³/mol. The van der Waals surface area contributed by atoms with Crippen molar-refractivity contribution in [3.05, 3.63) is 75.8 Å². The van der Waals surface area contributed by atoms with Gasteiger partial charge in [-0.05, 0) is 36.5 Å². The van der Waals surface area contributed by atoms with E-state index >= 15 is 0 Å². The number of likely N-dealkylation sites (tertiary alicyclic amines) is 1. The Kier molecular flexibility index (Phi) is 5.23. The number of amides is 1. The Labute approximate surface area is 146 Å². The molecule has 1 aliphatic rings. The lowest BCUT2D eigenvalue weighted by atomic mass is 10.00. The molecule has 25 heavy (non-hydrogen) atoms. The minimum atomic E-state index is -0.425. The van der Waals surface area contributed by atoms with Crippen LogP contribution < -0.4 is 0 Å². The van der Waals surface area contributed by atoms with Crippen LogP contribution in [0.25, 0.3) is 11.6 Å². The van der Waals surface area contributed by atoms with Gasteiger partial charge in [0, 0.05) is 30.8 Å². The summed E-state index contributed by atoms with van der Waals surface area (Å²) in [6.45, 7) is 1.52. The summed E-state index contributed by atoms with van der Waals surface area (Å²) in [7, 11) is 0. The van der Waals surface area contributed by atoms with Crippen LogP contribution in [-0.4, -0.2) is 28.8 Å². The second kappa shape index (κ2) is 7.75. The van der Waals surface area contributed by atoms with E-state index in [0.717, 1.165) is 37.9 Å². The molecule has 2 aromatic carbocycles. The summed E-state index contributed by atoms with van der Waals surface area (Å²) in [4.78, 5) is 25.5. The molecular weight excluding hydrogens is 316 g/mol. The summed E-state index contributed by atoms with van der Waals surface area (Å²) < 4.78 is 0. The van der Waals surface area contributed by atoms with Crippen LogP contribution in [0.3, 0.4) is 0 Å². The molecule has 3 rings (SSSR count). The van der Waals surface area contributed by atoms with Crippen molar-refractivity contribution in [2.45, 2.75) is 19.3 Å². The second-order valence-corrected chi connectivity index (χ2v) is 6.13. The third kappa shape index (κ3) is 4.12. The minimum Gasteiger partial charge on any atom is -0.339 e. The molecule has 2 aromatic rings. The van der Waals surface area contributed by atoms with Gasteiger partial charge in [0.2, 0.25) is 0 Å². The van der Waals surface area contributed by atoms with Gasteiger partial charge in [0.15, 0.2) is 0 Å². The third-order valence-electron chi connectivity index (χ3n) is 4.35. The van der Waals surface area contributed by atoms with E-state index in [2.05, 4.69) is 0 Å². The maximum atomic E-state index is 13.0. The highest BCUT2D eigenvalue weighted by atomic mass is 16.6. The molecule has 1 saturated heterocycles. The molecule has 0 aliphatic carbocycles. The first-order chi connectivity index (χ1) is 12.1. The minimum absolute atomic E-state index is 0.0163.